The molecule has 0 radical (unpaired) electrons. The van der Waals surface area contributed by atoms with Gasteiger partial charge in [0.2, 0.25) is 0 Å². The average Bonchev–Trinajstić information content (AvgIpc) is 3.12. The van der Waals surface area contributed by atoms with Gasteiger partial charge in [0.15, 0.2) is 0 Å². The van der Waals surface area contributed by atoms with Crippen molar-refractivity contribution >= 4 is 88.1 Å². The Labute approximate surface area is 352 Å². The molecule has 6 aromatic carbocycles. The molecule has 0 fully saturated rings. The summed E-state index contributed by atoms with van der Waals surface area (Å²) in [6, 6.07) is 41.3. The van der Waals surface area contributed by atoms with Crippen LogP contribution in [0.15, 0.2) is 177 Å². The first-order chi connectivity index (χ1) is 25.3. The van der Waals surface area contributed by atoms with Crippen molar-refractivity contribution in [1.29, 1.82) is 0 Å². The summed E-state index contributed by atoms with van der Waals surface area (Å²) >= 11 is 0. The van der Waals surface area contributed by atoms with E-state index in [0.29, 0.717) is 21.2 Å². The number of benzene rings is 6. The van der Waals surface area contributed by atoms with Crippen LogP contribution in [0, 0.1) is 0 Å². The SMILES string of the molecule is O=S(=O)([O-])c1cccc(P(c2ccccc2)c2cccc(S(=O)(=O)O)c2)c1.O=S(=O)([O-])c1cccc(P(c2ccccc2)c2cccc(S(=O)(=O)O)c2)c1.[Li+].[Li+]. The summed E-state index contributed by atoms with van der Waals surface area (Å²) in [7, 11) is -20.7. The second-order valence-electron chi connectivity index (χ2n) is 11.2. The van der Waals surface area contributed by atoms with Crippen molar-refractivity contribution in [2.45, 2.75) is 19.6 Å². The van der Waals surface area contributed by atoms with Gasteiger partial charge in [0, 0.05) is 0 Å². The van der Waals surface area contributed by atoms with E-state index in [1.54, 1.807) is 24.3 Å². The van der Waals surface area contributed by atoms with E-state index < -0.39 is 56.3 Å². The van der Waals surface area contributed by atoms with Crippen LogP contribution in [0.1, 0.15) is 0 Å². The van der Waals surface area contributed by atoms with E-state index >= 15 is 0 Å². The maximum Gasteiger partial charge on any atom is 1.00 e. The maximum absolute atomic E-state index is 11.5. The van der Waals surface area contributed by atoms with Gasteiger partial charge in [-0.05, 0) is 96.2 Å². The van der Waals surface area contributed by atoms with Crippen LogP contribution in [-0.2, 0) is 40.5 Å². The maximum atomic E-state index is 11.5. The summed E-state index contributed by atoms with van der Waals surface area (Å²) in [6.45, 7) is 0. The molecule has 0 saturated heterocycles. The Morgan fingerprint density at radius 3 is 0.821 bits per heavy atom. The summed E-state index contributed by atoms with van der Waals surface area (Å²) in [5.74, 6) is 0. The Kier molecular flexibility index (Phi) is 16.6. The smallest absolute Gasteiger partial charge is 0.744 e. The second kappa shape index (κ2) is 19.6. The van der Waals surface area contributed by atoms with Crippen LogP contribution in [0.4, 0.5) is 0 Å². The normalized spacial score (nSPS) is 12.8. The van der Waals surface area contributed by atoms with E-state index in [1.165, 1.54) is 72.8 Å². The van der Waals surface area contributed by atoms with E-state index in [0.717, 1.165) is 10.6 Å². The van der Waals surface area contributed by atoms with Crippen LogP contribution in [0.5, 0.6) is 0 Å². The van der Waals surface area contributed by atoms with E-state index in [4.69, 9.17) is 0 Å². The summed E-state index contributed by atoms with van der Waals surface area (Å²) in [5, 5.41) is 3.99. The molecular weight excluding hydrogens is 828 g/mol. The fourth-order valence-electron chi connectivity index (χ4n) is 5.17. The van der Waals surface area contributed by atoms with Gasteiger partial charge in [0.25, 0.3) is 20.2 Å². The second-order valence-corrected chi connectivity index (χ2v) is 21.2. The van der Waals surface area contributed by atoms with E-state index in [9.17, 15) is 51.9 Å². The molecule has 0 aliphatic carbocycles. The Bertz CT molecular complexity index is 2400. The van der Waals surface area contributed by atoms with Crippen LogP contribution >= 0.6 is 15.8 Å². The first-order valence-corrected chi connectivity index (χ1v) is 23.7. The first-order valence-electron chi connectivity index (χ1n) is 15.3. The van der Waals surface area contributed by atoms with Crippen molar-refractivity contribution < 1.29 is 89.6 Å². The Balaban J connectivity index is 0.000000290. The molecule has 56 heavy (non-hydrogen) atoms. The first kappa shape index (κ1) is 47.4. The largest absolute Gasteiger partial charge is 1.00 e. The molecule has 0 aliphatic heterocycles. The van der Waals surface area contributed by atoms with Gasteiger partial charge < -0.3 is 9.11 Å². The van der Waals surface area contributed by atoms with Gasteiger partial charge in [-0.1, -0.05) is 109 Å². The molecule has 0 aromatic heterocycles. The predicted molar refractivity (Wildman–Crippen MR) is 206 cm³/mol. The molecule has 6 aromatic rings. The quantitative estimate of drug-likeness (QED) is 0.0811. The van der Waals surface area contributed by atoms with Crippen LogP contribution in [0.25, 0.3) is 0 Å². The summed E-state index contributed by atoms with van der Waals surface area (Å²) in [4.78, 5) is -1.21. The minimum atomic E-state index is -4.63. The molecule has 0 saturated carbocycles. The Morgan fingerprint density at radius 1 is 0.339 bits per heavy atom. The predicted octanol–water partition coefficient (Wildman–Crippen LogP) is -2.80. The van der Waals surface area contributed by atoms with Crippen molar-refractivity contribution in [3.63, 3.8) is 0 Å². The minimum Gasteiger partial charge on any atom is -0.744 e. The third-order valence-electron chi connectivity index (χ3n) is 7.51. The molecule has 6 rings (SSSR count). The third kappa shape index (κ3) is 12.5. The van der Waals surface area contributed by atoms with Gasteiger partial charge in [0.05, 0.1) is 19.6 Å². The molecule has 0 bridgehead atoms. The zero-order valence-electron chi connectivity index (χ0n) is 29.5. The van der Waals surface area contributed by atoms with E-state index in [-0.39, 0.29) is 57.3 Å². The van der Waals surface area contributed by atoms with E-state index in [1.807, 2.05) is 60.7 Å². The molecule has 0 aliphatic rings. The molecule has 0 amide bonds. The molecule has 2 unspecified atom stereocenters. The molecule has 280 valence electrons. The summed E-state index contributed by atoms with van der Waals surface area (Å²) in [5.41, 5.74) is 0. The van der Waals surface area contributed by atoms with Gasteiger partial charge in [-0.25, -0.2) is 16.8 Å². The van der Waals surface area contributed by atoms with Crippen molar-refractivity contribution in [3.05, 3.63) is 158 Å². The number of hydrogen-bond acceptors (Lipinski definition) is 10. The number of hydrogen-bond donors (Lipinski definition) is 2. The fraction of sp³-hybridized carbons (Fsp3) is 0. The summed E-state index contributed by atoms with van der Waals surface area (Å²) < 4.78 is 133. The minimum absolute atomic E-state index is 0. The fourth-order valence-corrected chi connectivity index (χ4v) is 12.3. The van der Waals surface area contributed by atoms with Crippen LogP contribution < -0.4 is 69.5 Å². The van der Waals surface area contributed by atoms with Crippen molar-refractivity contribution in [3.8, 4) is 0 Å². The van der Waals surface area contributed by atoms with Gasteiger partial charge in [-0.3, -0.25) is 9.11 Å². The van der Waals surface area contributed by atoms with Crippen molar-refractivity contribution in [1.82, 2.24) is 0 Å². The van der Waals surface area contributed by atoms with Gasteiger partial charge >= 0.3 is 37.7 Å². The van der Waals surface area contributed by atoms with Gasteiger partial charge in [0.1, 0.15) is 20.2 Å². The van der Waals surface area contributed by atoms with Crippen molar-refractivity contribution in [2.75, 3.05) is 0 Å². The molecule has 20 heteroatoms. The van der Waals surface area contributed by atoms with E-state index in [2.05, 4.69) is 0 Å². The van der Waals surface area contributed by atoms with Crippen LogP contribution in [0.2, 0.25) is 0 Å². The Morgan fingerprint density at radius 2 is 0.571 bits per heavy atom. The average molecular weight is 857 g/mol. The van der Waals surface area contributed by atoms with Gasteiger partial charge in [-0.2, -0.15) is 16.8 Å². The molecule has 2 atom stereocenters. The third-order valence-corrected chi connectivity index (χ3v) is 15.7. The number of rotatable bonds is 10. The molecule has 0 heterocycles. The van der Waals surface area contributed by atoms with Gasteiger partial charge in [-0.15, -0.1) is 0 Å². The Hall–Kier alpha value is -2.99. The van der Waals surface area contributed by atoms with Crippen LogP contribution in [0.3, 0.4) is 0 Å². The molecular formula is C36H28Li2O12P2S4. The van der Waals surface area contributed by atoms with Crippen molar-refractivity contribution in [2.24, 2.45) is 0 Å². The zero-order chi connectivity index (χ0) is 39.3. The topological polar surface area (TPSA) is 223 Å². The molecule has 2 N–H and O–H groups in total. The molecule has 0 spiro atoms. The zero-order valence-corrected chi connectivity index (χ0v) is 34.6. The van der Waals surface area contributed by atoms with Crippen LogP contribution in [-0.4, -0.2) is 51.9 Å². The summed E-state index contributed by atoms with van der Waals surface area (Å²) in [6.07, 6.45) is 0. The standard InChI is InChI=1S/2C18H15O6PS2.2Li/c2*19-26(20,21)17-10-4-8-15(12-17)25(14-6-2-1-3-7-14)16-9-5-11-18(13-16)27(22,23)24;;/h2*1-13H,(H,19,20,21)(H,22,23,24);;/q;;2*+1/p-2. The monoisotopic (exact) mass is 856 g/mol. The molecule has 12 nitrogen and oxygen atoms in total.